The van der Waals surface area contributed by atoms with Crippen LogP contribution in [-0.2, 0) is 17.3 Å². The van der Waals surface area contributed by atoms with Gasteiger partial charge in [-0.25, -0.2) is 8.60 Å². The third kappa shape index (κ3) is 4.51. The number of amides is 2. The van der Waals surface area contributed by atoms with Crippen LogP contribution < -0.4 is 4.90 Å². The first-order valence-electron chi connectivity index (χ1n) is 11.7. The zero-order valence-corrected chi connectivity index (χ0v) is 20.3. The molecule has 5 rings (SSSR count). The quantitative estimate of drug-likeness (QED) is 0.555. The predicted octanol–water partition coefficient (Wildman–Crippen LogP) is 3.93. The Balaban J connectivity index is 1.56. The second-order valence-corrected chi connectivity index (χ2v) is 10.1. The molecule has 8 heteroatoms. The normalized spacial score (nSPS) is 18.1. The van der Waals surface area contributed by atoms with Gasteiger partial charge in [0, 0.05) is 31.7 Å². The van der Waals surface area contributed by atoms with Gasteiger partial charge in [-0.1, -0.05) is 31.2 Å². The summed E-state index contributed by atoms with van der Waals surface area (Å²) in [5.74, 6) is -0.776. The molecule has 2 amide bonds. The smallest absolute Gasteiger partial charge is 0.259 e. The maximum atomic E-state index is 13.7. The molecule has 0 spiro atoms. The molecule has 0 aromatic heterocycles. The summed E-state index contributed by atoms with van der Waals surface area (Å²) in [6, 6.07) is 17.9. The lowest BCUT2D eigenvalue weighted by atomic mass is 10.1. The molecule has 2 aliphatic rings. The van der Waals surface area contributed by atoms with E-state index in [0.29, 0.717) is 39.7 Å². The van der Waals surface area contributed by atoms with Crippen molar-refractivity contribution in [1.29, 1.82) is 0 Å². The van der Waals surface area contributed by atoms with Gasteiger partial charge < -0.3 is 14.7 Å². The minimum Gasteiger partial charge on any atom is -0.336 e. The number of hydrogen-bond donors (Lipinski definition) is 0. The average Bonchev–Trinajstić information content (AvgIpc) is 2.99. The van der Waals surface area contributed by atoms with E-state index in [1.807, 2.05) is 4.90 Å². The summed E-state index contributed by atoms with van der Waals surface area (Å²) in [6.45, 7) is 6.13. The summed E-state index contributed by atoms with van der Waals surface area (Å²) in [4.78, 5) is 33.6. The summed E-state index contributed by atoms with van der Waals surface area (Å²) in [5.41, 5.74) is 1.97. The molecule has 6 nitrogen and oxygen atoms in total. The van der Waals surface area contributed by atoms with Crippen molar-refractivity contribution in [2.45, 2.75) is 23.3 Å². The molecule has 0 saturated carbocycles. The van der Waals surface area contributed by atoms with Crippen LogP contribution in [0.5, 0.6) is 0 Å². The highest BCUT2D eigenvalue weighted by atomic mass is 32.2. The highest BCUT2D eigenvalue weighted by Gasteiger charge is 2.32. The van der Waals surface area contributed by atoms with E-state index in [4.69, 9.17) is 0 Å². The topological polar surface area (TPSA) is 60.9 Å². The second-order valence-electron chi connectivity index (χ2n) is 8.69. The molecule has 0 unspecified atom stereocenters. The number of anilines is 1. The number of fused-ring (bicyclic) bond motifs is 2. The number of likely N-dealkylation sites (N-methyl/N-ethyl adjacent to an activating group) is 1. The largest absolute Gasteiger partial charge is 0.336 e. The Kier molecular flexibility index (Phi) is 6.49. The fourth-order valence-corrected chi connectivity index (χ4v) is 5.92. The van der Waals surface area contributed by atoms with Crippen LogP contribution in [0.25, 0.3) is 0 Å². The molecule has 1 atom stereocenters. The van der Waals surface area contributed by atoms with Crippen LogP contribution in [-0.4, -0.2) is 58.5 Å². The number of halogens is 1. The van der Waals surface area contributed by atoms with Crippen LogP contribution >= 0.6 is 0 Å². The van der Waals surface area contributed by atoms with E-state index in [1.54, 1.807) is 54.6 Å². The summed E-state index contributed by atoms with van der Waals surface area (Å²) < 4.78 is 27.0. The number of carbonyl (C=O) groups is 2. The number of benzene rings is 3. The van der Waals surface area contributed by atoms with Crippen LogP contribution in [0.4, 0.5) is 10.1 Å². The third-order valence-electron chi connectivity index (χ3n) is 6.62. The SMILES string of the molecule is CCN1CCN(C(=O)c2ccc3c(c2)N(Cc2ccc(F)cc2)C(=O)c2ccccc2[S@]3=O)CC1. The molecule has 1 saturated heterocycles. The Morgan fingerprint density at radius 2 is 1.66 bits per heavy atom. The lowest BCUT2D eigenvalue weighted by Gasteiger charge is -2.34. The first-order chi connectivity index (χ1) is 17.0. The molecule has 2 heterocycles. The number of carbonyl (C=O) groups excluding carboxylic acids is 2. The Bertz CT molecular complexity index is 1300. The molecule has 0 bridgehead atoms. The van der Waals surface area contributed by atoms with E-state index in [2.05, 4.69) is 11.8 Å². The van der Waals surface area contributed by atoms with Gasteiger partial charge in [0.05, 0.1) is 38.4 Å². The van der Waals surface area contributed by atoms with Crippen molar-refractivity contribution in [1.82, 2.24) is 9.80 Å². The van der Waals surface area contributed by atoms with Crippen molar-refractivity contribution in [3.8, 4) is 0 Å². The highest BCUT2D eigenvalue weighted by Crippen LogP contribution is 2.36. The van der Waals surface area contributed by atoms with Crippen LogP contribution in [0, 0.1) is 5.82 Å². The molecule has 180 valence electrons. The van der Waals surface area contributed by atoms with Crippen molar-refractivity contribution >= 4 is 28.3 Å². The highest BCUT2D eigenvalue weighted by molar-refractivity contribution is 7.85. The van der Waals surface area contributed by atoms with Gasteiger partial charge >= 0.3 is 0 Å². The first-order valence-corrected chi connectivity index (χ1v) is 12.8. The molecular formula is C27H26FN3O3S. The lowest BCUT2D eigenvalue weighted by Crippen LogP contribution is -2.48. The van der Waals surface area contributed by atoms with Crippen LogP contribution in [0.1, 0.15) is 33.2 Å². The van der Waals surface area contributed by atoms with Gasteiger partial charge in [-0.2, -0.15) is 0 Å². The third-order valence-corrected chi connectivity index (χ3v) is 8.12. The number of piperazine rings is 1. The fraction of sp³-hybridized carbons (Fsp3) is 0.259. The maximum absolute atomic E-state index is 13.7. The molecule has 0 aliphatic carbocycles. The molecule has 2 aliphatic heterocycles. The van der Waals surface area contributed by atoms with Crippen molar-refractivity contribution in [2.24, 2.45) is 0 Å². The lowest BCUT2D eigenvalue weighted by molar-refractivity contribution is 0.0643. The molecule has 0 radical (unpaired) electrons. The average molecular weight is 492 g/mol. The van der Waals surface area contributed by atoms with E-state index >= 15 is 0 Å². The summed E-state index contributed by atoms with van der Waals surface area (Å²) in [6.07, 6.45) is 0. The van der Waals surface area contributed by atoms with Gasteiger partial charge in [-0.15, -0.1) is 0 Å². The monoisotopic (exact) mass is 491 g/mol. The molecule has 3 aromatic carbocycles. The van der Waals surface area contributed by atoms with E-state index in [-0.39, 0.29) is 24.2 Å². The first kappa shape index (κ1) is 23.4. The second kappa shape index (κ2) is 9.71. The Hall–Kier alpha value is -3.36. The van der Waals surface area contributed by atoms with Gasteiger partial charge in [0.2, 0.25) is 0 Å². The maximum Gasteiger partial charge on any atom is 0.259 e. The molecular weight excluding hydrogens is 465 g/mol. The van der Waals surface area contributed by atoms with E-state index in [0.717, 1.165) is 25.2 Å². The summed E-state index contributed by atoms with van der Waals surface area (Å²) in [5, 5.41) is 0. The number of nitrogens with zero attached hydrogens (tertiary/aromatic N) is 3. The minimum atomic E-state index is -1.60. The molecule has 35 heavy (non-hydrogen) atoms. The van der Waals surface area contributed by atoms with Gasteiger partial charge in [0.1, 0.15) is 5.82 Å². The number of hydrogen-bond acceptors (Lipinski definition) is 4. The van der Waals surface area contributed by atoms with Gasteiger partial charge in [-0.3, -0.25) is 9.59 Å². The van der Waals surface area contributed by atoms with E-state index in [1.165, 1.54) is 17.0 Å². The van der Waals surface area contributed by atoms with Gasteiger partial charge in [0.15, 0.2) is 0 Å². The van der Waals surface area contributed by atoms with Crippen molar-refractivity contribution in [3.05, 3.63) is 89.2 Å². The molecule has 0 N–H and O–H groups in total. The standard InChI is InChI=1S/C27H26FN3O3S/c1-2-29-13-15-30(16-14-29)26(32)20-9-12-25-23(17-20)31(18-19-7-10-21(28)11-8-19)27(33)22-5-3-4-6-24(22)35(25)34/h3-12,17H,2,13-16,18H2,1H3/t35-/m1/s1. The Morgan fingerprint density at radius 1 is 0.943 bits per heavy atom. The zero-order valence-electron chi connectivity index (χ0n) is 19.4. The zero-order chi connectivity index (χ0) is 24.5. The van der Waals surface area contributed by atoms with Crippen LogP contribution in [0.3, 0.4) is 0 Å². The minimum absolute atomic E-state index is 0.106. The summed E-state index contributed by atoms with van der Waals surface area (Å²) >= 11 is 0. The van der Waals surface area contributed by atoms with Crippen molar-refractivity contribution in [2.75, 3.05) is 37.6 Å². The van der Waals surface area contributed by atoms with E-state index in [9.17, 15) is 18.2 Å². The fourth-order valence-electron chi connectivity index (χ4n) is 4.58. The Labute approximate surface area is 206 Å². The van der Waals surface area contributed by atoms with Crippen molar-refractivity contribution in [3.63, 3.8) is 0 Å². The van der Waals surface area contributed by atoms with Crippen molar-refractivity contribution < 1.29 is 18.2 Å². The van der Waals surface area contributed by atoms with Crippen LogP contribution in [0.15, 0.2) is 76.5 Å². The summed E-state index contributed by atoms with van der Waals surface area (Å²) in [7, 11) is -1.60. The van der Waals surface area contributed by atoms with Crippen LogP contribution in [0.2, 0.25) is 0 Å². The predicted molar refractivity (Wildman–Crippen MR) is 132 cm³/mol. The molecule has 3 aromatic rings. The van der Waals surface area contributed by atoms with Gasteiger partial charge in [0.25, 0.3) is 11.8 Å². The molecule has 1 fully saturated rings. The van der Waals surface area contributed by atoms with Gasteiger partial charge in [-0.05, 0) is 54.6 Å². The number of rotatable bonds is 4. The van der Waals surface area contributed by atoms with E-state index < -0.39 is 10.8 Å². The Morgan fingerprint density at radius 3 is 2.37 bits per heavy atom.